The predicted molar refractivity (Wildman–Crippen MR) is 118 cm³/mol. The van der Waals surface area contributed by atoms with Gasteiger partial charge >= 0.3 is 5.97 Å². The topological polar surface area (TPSA) is 64.4 Å². The number of esters is 1. The van der Waals surface area contributed by atoms with Crippen LogP contribution in [0.3, 0.4) is 0 Å². The predicted octanol–water partition coefficient (Wildman–Crippen LogP) is 4.32. The minimum absolute atomic E-state index is 0.113. The molecule has 0 spiro atoms. The first kappa shape index (κ1) is 20.6. The Hall–Kier alpha value is -2.67. The molecule has 2 aromatic heterocycles. The van der Waals surface area contributed by atoms with Gasteiger partial charge in [-0.25, -0.2) is 4.79 Å². The summed E-state index contributed by atoms with van der Waals surface area (Å²) in [5, 5.41) is 5.58. The van der Waals surface area contributed by atoms with Gasteiger partial charge in [-0.3, -0.25) is 9.48 Å². The molecule has 1 fully saturated rings. The number of fused-ring (bicyclic) bond motifs is 1. The first-order chi connectivity index (χ1) is 14.4. The molecule has 6 nitrogen and oxygen atoms in total. The Morgan fingerprint density at radius 3 is 2.70 bits per heavy atom. The lowest BCUT2D eigenvalue weighted by Gasteiger charge is -2.33. The van der Waals surface area contributed by atoms with Crippen LogP contribution in [0.5, 0.6) is 0 Å². The maximum Gasteiger partial charge on any atom is 0.348 e. The number of hydrogen-bond donors (Lipinski definition) is 0. The Morgan fingerprint density at radius 1 is 1.20 bits per heavy atom. The second kappa shape index (κ2) is 8.60. The third kappa shape index (κ3) is 4.26. The molecule has 1 aliphatic rings. The SMILES string of the molecule is Cc1ccc(Cn2nc(C)c3cc(C(=O)OCC(=O)N4CCCCC4C)sc32)cc1. The van der Waals surface area contributed by atoms with Crippen molar-refractivity contribution in [3.05, 3.63) is 52.0 Å². The first-order valence-corrected chi connectivity index (χ1v) is 11.2. The number of likely N-dealkylation sites (tertiary alicyclic amines) is 1. The van der Waals surface area contributed by atoms with Crippen molar-refractivity contribution in [2.24, 2.45) is 0 Å². The molecular weight excluding hydrogens is 398 g/mol. The molecule has 4 rings (SSSR count). The van der Waals surface area contributed by atoms with Crippen LogP contribution in [-0.2, 0) is 16.1 Å². The normalized spacial score (nSPS) is 16.8. The second-order valence-electron chi connectivity index (χ2n) is 8.07. The van der Waals surface area contributed by atoms with Crippen LogP contribution in [0.4, 0.5) is 0 Å². The quantitative estimate of drug-likeness (QED) is 0.571. The zero-order valence-corrected chi connectivity index (χ0v) is 18.5. The minimum atomic E-state index is -0.449. The summed E-state index contributed by atoms with van der Waals surface area (Å²) in [4.78, 5) is 28.3. The molecule has 1 saturated heterocycles. The summed E-state index contributed by atoms with van der Waals surface area (Å²) in [5.74, 6) is -0.561. The summed E-state index contributed by atoms with van der Waals surface area (Å²) in [6, 6.07) is 10.4. The van der Waals surface area contributed by atoms with E-state index in [9.17, 15) is 9.59 Å². The van der Waals surface area contributed by atoms with Crippen LogP contribution in [0.1, 0.15) is 52.7 Å². The van der Waals surface area contributed by atoms with Gasteiger partial charge in [-0.1, -0.05) is 29.8 Å². The van der Waals surface area contributed by atoms with Gasteiger partial charge in [-0.2, -0.15) is 5.10 Å². The van der Waals surface area contributed by atoms with Crippen LogP contribution < -0.4 is 0 Å². The maximum absolute atomic E-state index is 12.6. The summed E-state index contributed by atoms with van der Waals surface area (Å²) in [7, 11) is 0. The molecule has 0 saturated carbocycles. The monoisotopic (exact) mass is 425 g/mol. The third-order valence-corrected chi connectivity index (χ3v) is 6.84. The van der Waals surface area contributed by atoms with Gasteiger partial charge in [0.2, 0.25) is 0 Å². The average molecular weight is 426 g/mol. The van der Waals surface area contributed by atoms with E-state index in [1.165, 1.54) is 16.9 Å². The van der Waals surface area contributed by atoms with E-state index in [1.807, 2.05) is 29.5 Å². The molecule has 3 heterocycles. The number of hydrogen-bond acceptors (Lipinski definition) is 5. The summed E-state index contributed by atoms with van der Waals surface area (Å²) in [5.41, 5.74) is 3.25. The highest BCUT2D eigenvalue weighted by Gasteiger charge is 2.25. The van der Waals surface area contributed by atoms with Crippen molar-refractivity contribution in [1.82, 2.24) is 14.7 Å². The van der Waals surface area contributed by atoms with Gasteiger partial charge in [0.25, 0.3) is 5.91 Å². The Kier molecular flexibility index (Phi) is 5.90. The molecule has 1 aliphatic heterocycles. The van der Waals surface area contributed by atoms with Crippen LogP contribution in [0.2, 0.25) is 0 Å². The minimum Gasteiger partial charge on any atom is -0.451 e. The van der Waals surface area contributed by atoms with Crippen molar-refractivity contribution in [2.45, 2.75) is 52.6 Å². The molecule has 158 valence electrons. The van der Waals surface area contributed by atoms with Gasteiger partial charge in [0, 0.05) is 18.0 Å². The number of carbonyl (C=O) groups is 2. The molecular formula is C23H27N3O3S. The third-order valence-electron chi connectivity index (χ3n) is 5.71. The maximum atomic E-state index is 12.6. The van der Waals surface area contributed by atoms with Crippen LogP contribution in [-0.4, -0.2) is 45.8 Å². The van der Waals surface area contributed by atoms with Crippen molar-refractivity contribution >= 4 is 33.4 Å². The molecule has 0 aliphatic carbocycles. The highest BCUT2D eigenvalue weighted by atomic mass is 32.1. The Morgan fingerprint density at radius 2 is 1.97 bits per heavy atom. The van der Waals surface area contributed by atoms with E-state index in [1.54, 1.807) is 0 Å². The van der Waals surface area contributed by atoms with Crippen molar-refractivity contribution in [1.29, 1.82) is 0 Å². The molecule has 1 atom stereocenters. The lowest BCUT2D eigenvalue weighted by molar-refractivity contribution is -0.137. The van der Waals surface area contributed by atoms with Gasteiger partial charge in [-0.05, 0) is 51.7 Å². The van der Waals surface area contributed by atoms with Gasteiger partial charge in [0.1, 0.15) is 9.71 Å². The Labute approximate surface area is 180 Å². The number of piperidine rings is 1. The van der Waals surface area contributed by atoms with Crippen molar-refractivity contribution in [3.8, 4) is 0 Å². The van der Waals surface area contributed by atoms with Crippen LogP contribution in [0.25, 0.3) is 10.2 Å². The molecule has 1 aromatic carbocycles. The number of ether oxygens (including phenoxy) is 1. The Balaban J connectivity index is 1.45. The Bertz CT molecular complexity index is 1070. The van der Waals surface area contributed by atoms with E-state index in [0.717, 1.165) is 47.3 Å². The number of thiophene rings is 1. The number of rotatable bonds is 5. The first-order valence-electron chi connectivity index (χ1n) is 10.4. The fourth-order valence-electron chi connectivity index (χ4n) is 3.94. The summed E-state index contributed by atoms with van der Waals surface area (Å²) in [6.45, 7) is 7.24. The molecule has 0 radical (unpaired) electrons. The fraction of sp³-hybridized carbons (Fsp3) is 0.435. The van der Waals surface area contributed by atoms with Crippen LogP contribution in [0.15, 0.2) is 30.3 Å². The highest BCUT2D eigenvalue weighted by molar-refractivity contribution is 7.20. The molecule has 1 unspecified atom stereocenters. The van der Waals surface area contributed by atoms with E-state index in [2.05, 4.69) is 36.3 Å². The van der Waals surface area contributed by atoms with Gasteiger partial charge in [0.15, 0.2) is 6.61 Å². The fourth-order valence-corrected chi connectivity index (χ4v) is 4.99. The molecule has 0 bridgehead atoms. The van der Waals surface area contributed by atoms with Crippen molar-refractivity contribution in [3.63, 3.8) is 0 Å². The van der Waals surface area contributed by atoms with Crippen molar-refractivity contribution in [2.75, 3.05) is 13.2 Å². The average Bonchev–Trinajstić information content (AvgIpc) is 3.29. The largest absolute Gasteiger partial charge is 0.451 e. The van der Waals surface area contributed by atoms with Crippen LogP contribution in [0, 0.1) is 13.8 Å². The number of benzene rings is 1. The summed E-state index contributed by atoms with van der Waals surface area (Å²) in [6.07, 6.45) is 3.16. The lowest BCUT2D eigenvalue weighted by Crippen LogP contribution is -2.44. The standard InChI is InChI=1S/C23H27N3O3S/c1-15-7-9-18(10-8-15)13-26-22-19(17(3)24-26)12-20(30-22)23(28)29-14-21(27)25-11-5-4-6-16(25)2/h7-10,12,16H,4-6,11,13-14H2,1-3H3. The van der Waals surface area contributed by atoms with Gasteiger partial charge < -0.3 is 9.64 Å². The van der Waals surface area contributed by atoms with Gasteiger partial charge in [0.05, 0.1) is 12.2 Å². The molecule has 30 heavy (non-hydrogen) atoms. The smallest absolute Gasteiger partial charge is 0.348 e. The second-order valence-corrected chi connectivity index (χ2v) is 9.10. The zero-order valence-electron chi connectivity index (χ0n) is 17.7. The number of nitrogens with zero attached hydrogens (tertiary/aromatic N) is 3. The number of aryl methyl sites for hydroxylation is 2. The molecule has 3 aromatic rings. The number of amides is 1. The molecule has 7 heteroatoms. The molecule has 1 amide bonds. The highest BCUT2D eigenvalue weighted by Crippen LogP contribution is 2.29. The molecule has 0 N–H and O–H groups in total. The van der Waals surface area contributed by atoms with E-state index in [0.29, 0.717) is 11.4 Å². The summed E-state index contributed by atoms with van der Waals surface area (Å²) < 4.78 is 7.28. The van der Waals surface area contributed by atoms with Gasteiger partial charge in [-0.15, -0.1) is 11.3 Å². The van der Waals surface area contributed by atoms with E-state index < -0.39 is 5.97 Å². The zero-order chi connectivity index (χ0) is 21.3. The van der Waals surface area contributed by atoms with E-state index in [4.69, 9.17) is 4.74 Å². The lowest BCUT2D eigenvalue weighted by atomic mass is 10.0. The summed E-state index contributed by atoms with van der Waals surface area (Å²) >= 11 is 1.36. The van der Waals surface area contributed by atoms with Crippen LogP contribution >= 0.6 is 11.3 Å². The van der Waals surface area contributed by atoms with E-state index in [-0.39, 0.29) is 18.6 Å². The van der Waals surface area contributed by atoms with E-state index >= 15 is 0 Å². The number of aromatic nitrogens is 2. The van der Waals surface area contributed by atoms with Crippen molar-refractivity contribution < 1.29 is 14.3 Å². The number of carbonyl (C=O) groups excluding carboxylic acids is 2.